The standard InChI is InChI=1S/C13H17FN2O2/c1-13(6-3-7-13)9-15-8-10-4-2-5-11(12(10)14)16(17)18/h2,4-5,15H,3,6-9H2,1H3. The van der Waals surface area contributed by atoms with Gasteiger partial charge in [0.05, 0.1) is 4.92 Å². The maximum absolute atomic E-state index is 13.8. The Morgan fingerprint density at radius 1 is 1.50 bits per heavy atom. The van der Waals surface area contributed by atoms with Crippen molar-refractivity contribution in [3.8, 4) is 0 Å². The first-order valence-corrected chi connectivity index (χ1v) is 6.14. The molecule has 0 spiro atoms. The molecule has 0 heterocycles. The summed E-state index contributed by atoms with van der Waals surface area (Å²) in [7, 11) is 0. The van der Waals surface area contributed by atoms with Crippen LogP contribution in [-0.2, 0) is 6.54 Å². The van der Waals surface area contributed by atoms with E-state index < -0.39 is 16.4 Å². The van der Waals surface area contributed by atoms with Crippen LogP contribution < -0.4 is 5.32 Å². The van der Waals surface area contributed by atoms with Crippen LogP contribution in [0.3, 0.4) is 0 Å². The molecule has 0 saturated heterocycles. The number of rotatable bonds is 5. The summed E-state index contributed by atoms with van der Waals surface area (Å²) >= 11 is 0. The fourth-order valence-electron chi connectivity index (χ4n) is 2.30. The first-order valence-electron chi connectivity index (χ1n) is 6.14. The Kier molecular flexibility index (Phi) is 3.61. The molecule has 1 aliphatic rings. The normalized spacial score (nSPS) is 17.2. The van der Waals surface area contributed by atoms with E-state index in [0.717, 1.165) is 6.54 Å². The van der Waals surface area contributed by atoms with Crippen LogP contribution in [0, 0.1) is 21.3 Å². The van der Waals surface area contributed by atoms with Crippen LogP contribution in [0.2, 0.25) is 0 Å². The molecule has 1 fully saturated rings. The molecule has 4 nitrogen and oxygen atoms in total. The zero-order valence-electron chi connectivity index (χ0n) is 10.4. The third-order valence-corrected chi connectivity index (χ3v) is 3.68. The molecule has 98 valence electrons. The lowest BCUT2D eigenvalue weighted by Gasteiger charge is -2.38. The average Bonchev–Trinajstić information content (AvgIpc) is 2.28. The fourth-order valence-corrected chi connectivity index (χ4v) is 2.30. The number of nitro benzene ring substituents is 1. The van der Waals surface area contributed by atoms with Gasteiger partial charge in [0.25, 0.3) is 0 Å². The van der Waals surface area contributed by atoms with E-state index >= 15 is 0 Å². The summed E-state index contributed by atoms with van der Waals surface area (Å²) in [5.74, 6) is -0.728. The Balaban J connectivity index is 1.97. The number of nitrogens with one attached hydrogen (secondary N) is 1. The van der Waals surface area contributed by atoms with Crippen molar-refractivity contribution in [2.75, 3.05) is 6.54 Å². The highest BCUT2D eigenvalue weighted by Crippen LogP contribution is 2.39. The lowest BCUT2D eigenvalue weighted by atomic mass is 9.70. The van der Waals surface area contributed by atoms with Crippen molar-refractivity contribution in [2.45, 2.75) is 32.7 Å². The Morgan fingerprint density at radius 3 is 2.78 bits per heavy atom. The van der Waals surface area contributed by atoms with E-state index in [-0.39, 0.29) is 0 Å². The topological polar surface area (TPSA) is 55.2 Å². The number of halogens is 1. The van der Waals surface area contributed by atoms with Crippen LogP contribution in [0.1, 0.15) is 31.7 Å². The lowest BCUT2D eigenvalue weighted by Crippen LogP contribution is -2.37. The summed E-state index contributed by atoms with van der Waals surface area (Å²) in [5.41, 5.74) is 0.216. The fraction of sp³-hybridized carbons (Fsp3) is 0.538. The minimum absolute atomic E-state index is 0.317. The molecule has 0 aromatic heterocycles. The van der Waals surface area contributed by atoms with Crippen molar-refractivity contribution in [3.05, 3.63) is 39.7 Å². The smallest absolute Gasteiger partial charge is 0.305 e. The summed E-state index contributed by atoms with van der Waals surface area (Å²) in [4.78, 5) is 9.92. The molecule has 1 N–H and O–H groups in total. The van der Waals surface area contributed by atoms with Crippen LogP contribution in [0.5, 0.6) is 0 Å². The van der Waals surface area contributed by atoms with Gasteiger partial charge in [-0.05, 0) is 18.3 Å². The predicted molar refractivity (Wildman–Crippen MR) is 66.7 cm³/mol. The van der Waals surface area contributed by atoms with Crippen molar-refractivity contribution in [3.63, 3.8) is 0 Å². The van der Waals surface area contributed by atoms with Gasteiger partial charge in [0, 0.05) is 24.7 Å². The highest BCUT2D eigenvalue weighted by atomic mass is 19.1. The number of hydrogen-bond donors (Lipinski definition) is 1. The third-order valence-electron chi connectivity index (χ3n) is 3.68. The van der Waals surface area contributed by atoms with Gasteiger partial charge in [-0.3, -0.25) is 10.1 Å². The molecule has 18 heavy (non-hydrogen) atoms. The Bertz CT molecular complexity index is 458. The van der Waals surface area contributed by atoms with Gasteiger partial charge in [0.2, 0.25) is 5.82 Å². The van der Waals surface area contributed by atoms with Crippen molar-refractivity contribution >= 4 is 5.69 Å². The molecule has 0 aliphatic heterocycles. The minimum atomic E-state index is -0.728. The van der Waals surface area contributed by atoms with Crippen LogP contribution in [0.4, 0.5) is 10.1 Å². The summed E-state index contributed by atoms with van der Waals surface area (Å²) in [5, 5.41) is 13.8. The molecule has 1 saturated carbocycles. The number of nitro groups is 1. The lowest BCUT2D eigenvalue weighted by molar-refractivity contribution is -0.387. The largest absolute Gasteiger partial charge is 0.312 e. The molecule has 0 radical (unpaired) electrons. The number of hydrogen-bond acceptors (Lipinski definition) is 3. The van der Waals surface area contributed by atoms with Crippen molar-refractivity contribution in [2.24, 2.45) is 5.41 Å². The van der Waals surface area contributed by atoms with Gasteiger partial charge in [0.15, 0.2) is 0 Å². The van der Waals surface area contributed by atoms with Gasteiger partial charge in [-0.1, -0.05) is 25.5 Å². The predicted octanol–water partition coefficient (Wildman–Crippen LogP) is 3.01. The zero-order chi connectivity index (χ0) is 13.2. The second kappa shape index (κ2) is 5.02. The summed E-state index contributed by atoms with van der Waals surface area (Å²) in [6.45, 7) is 3.37. The van der Waals surface area contributed by atoms with Gasteiger partial charge in [-0.2, -0.15) is 4.39 Å². The van der Waals surface area contributed by atoms with E-state index in [1.165, 1.54) is 31.4 Å². The third kappa shape index (κ3) is 2.67. The van der Waals surface area contributed by atoms with Crippen molar-refractivity contribution in [1.82, 2.24) is 5.32 Å². The molecule has 1 aliphatic carbocycles. The minimum Gasteiger partial charge on any atom is -0.312 e. The van der Waals surface area contributed by atoms with Gasteiger partial charge in [-0.15, -0.1) is 0 Å². The Morgan fingerprint density at radius 2 is 2.22 bits per heavy atom. The Labute approximate surface area is 105 Å². The Hall–Kier alpha value is -1.49. The van der Waals surface area contributed by atoms with E-state index in [1.54, 1.807) is 6.07 Å². The summed E-state index contributed by atoms with van der Waals surface area (Å²) < 4.78 is 13.8. The number of benzene rings is 1. The monoisotopic (exact) mass is 252 g/mol. The molecule has 0 unspecified atom stereocenters. The quantitative estimate of drug-likeness (QED) is 0.647. The van der Waals surface area contributed by atoms with Crippen LogP contribution in [-0.4, -0.2) is 11.5 Å². The maximum Gasteiger partial charge on any atom is 0.305 e. The maximum atomic E-state index is 13.8. The van der Waals surface area contributed by atoms with E-state index in [1.807, 2.05) is 0 Å². The molecule has 0 amide bonds. The van der Waals surface area contributed by atoms with E-state index in [9.17, 15) is 14.5 Å². The van der Waals surface area contributed by atoms with E-state index in [2.05, 4.69) is 12.2 Å². The molecule has 0 atom stereocenters. The van der Waals surface area contributed by atoms with E-state index in [0.29, 0.717) is 17.5 Å². The van der Waals surface area contributed by atoms with Crippen LogP contribution in [0.15, 0.2) is 18.2 Å². The average molecular weight is 252 g/mol. The SMILES string of the molecule is CC1(CNCc2cccc([N+](=O)[O-])c2F)CCC1. The first kappa shape index (κ1) is 13.0. The molecule has 1 aromatic rings. The van der Waals surface area contributed by atoms with Gasteiger partial charge < -0.3 is 5.32 Å². The number of nitrogens with zero attached hydrogens (tertiary/aromatic N) is 1. The molecule has 1 aromatic carbocycles. The van der Waals surface area contributed by atoms with Crippen LogP contribution in [0.25, 0.3) is 0 Å². The summed E-state index contributed by atoms with van der Waals surface area (Å²) in [6.07, 6.45) is 3.64. The molecule has 2 rings (SSSR count). The molecule has 5 heteroatoms. The molecular weight excluding hydrogens is 235 g/mol. The first-order chi connectivity index (χ1) is 8.52. The highest BCUT2D eigenvalue weighted by molar-refractivity contribution is 5.36. The second-order valence-electron chi connectivity index (χ2n) is 5.28. The van der Waals surface area contributed by atoms with Gasteiger partial charge >= 0.3 is 5.69 Å². The molecular formula is C13H17FN2O2. The molecule has 0 bridgehead atoms. The van der Waals surface area contributed by atoms with Crippen molar-refractivity contribution < 1.29 is 9.31 Å². The van der Waals surface area contributed by atoms with Crippen molar-refractivity contribution in [1.29, 1.82) is 0 Å². The van der Waals surface area contributed by atoms with Gasteiger partial charge in [-0.25, -0.2) is 0 Å². The van der Waals surface area contributed by atoms with Gasteiger partial charge in [0.1, 0.15) is 0 Å². The zero-order valence-corrected chi connectivity index (χ0v) is 10.4. The van der Waals surface area contributed by atoms with Crippen LogP contribution >= 0.6 is 0 Å². The highest BCUT2D eigenvalue weighted by Gasteiger charge is 2.31. The summed E-state index contributed by atoms with van der Waals surface area (Å²) in [6, 6.07) is 4.29. The second-order valence-corrected chi connectivity index (χ2v) is 5.28. The van der Waals surface area contributed by atoms with E-state index in [4.69, 9.17) is 0 Å².